The van der Waals surface area contributed by atoms with E-state index in [0.717, 1.165) is 12.1 Å². The summed E-state index contributed by atoms with van der Waals surface area (Å²) in [5, 5.41) is 0.618. The second kappa shape index (κ2) is 6.26. The molecule has 2 atom stereocenters. The molecule has 90 valence electrons. The Morgan fingerprint density at radius 3 is 2.44 bits per heavy atom. The van der Waals surface area contributed by atoms with Gasteiger partial charge in [0, 0.05) is 22.4 Å². The molecule has 0 bridgehead atoms. The quantitative estimate of drug-likeness (QED) is 0.796. The van der Waals surface area contributed by atoms with Gasteiger partial charge in [0.05, 0.1) is 5.69 Å². The van der Waals surface area contributed by atoms with Gasteiger partial charge >= 0.3 is 0 Å². The lowest BCUT2D eigenvalue weighted by atomic mass is 10.1. The summed E-state index contributed by atoms with van der Waals surface area (Å²) >= 11 is 1.88. The summed E-state index contributed by atoms with van der Waals surface area (Å²) in [5.74, 6) is 0.683. The van der Waals surface area contributed by atoms with Crippen LogP contribution in [0.2, 0.25) is 0 Å². The second-order valence-corrected chi connectivity index (χ2v) is 5.95. The molecule has 3 heteroatoms. The fraction of sp³-hybridized carbons (Fsp3) is 0.615. The minimum absolute atomic E-state index is 0.0709. The molecule has 1 aromatic rings. The number of aromatic nitrogens is 1. The van der Waals surface area contributed by atoms with E-state index in [2.05, 4.69) is 38.7 Å². The Morgan fingerprint density at radius 2 is 2.00 bits per heavy atom. The van der Waals surface area contributed by atoms with Crippen molar-refractivity contribution in [2.24, 2.45) is 11.7 Å². The van der Waals surface area contributed by atoms with E-state index in [9.17, 15) is 0 Å². The van der Waals surface area contributed by atoms with Crippen LogP contribution in [0.25, 0.3) is 0 Å². The van der Waals surface area contributed by atoms with Crippen molar-refractivity contribution in [3.63, 3.8) is 0 Å². The molecule has 2 nitrogen and oxygen atoms in total. The first-order chi connectivity index (χ1) is 7.54. The third-order valence-electron chi connectivity index (χ3n) is 2.84. The van der Waals surface area contributed by atoms with Crippen LogP contribution in [-0.4, -0.2) is 10.2 Å². The van der Waals surface area contributed by atoms with E-state index in [0.29, 0.717) is 11.2 Å². The van der Waals surface area contributed by atoms with Crippen LogP contribution in [0.15, 0.2) is 23.2 Å². The number of nitrogens with two attached hydrogens (primary N) is 1. The molecule has 0 saturated carbocycles. The maximum Gasteiger partial charge on any atom is 0.0571 e. The smallest absolute Gasteiger partial charge is 0.0571 e. The SMILES string of the molecule is CC[C@H](N)c1ccc(SC(C)C(C)C)cn1. The third-order valence-corrected chi connectivity index (χ3v) is 4.27. The number of pyridine rings is 1. The summed E-state index contributed by atoms with van der Waals surface area (Å²) in [5.41, 5.74) is 6.91. The fourth-order valence-corrected chi connectivity index (χ4v) is 2.20. The number of hydrogen-bond acceptors (Lipinski definition) is 3. The first kappa shape index (κ1) is 13.5. The van der Waals surface area contributed by atoms with Crippen LogP contribution >= 0.6 is 11.8 Å². The van der Waals surface area contributed by atoms with Gasteiger partial charge in [-0.25, -0.2) is 0 Å². The maximum atomic E-state index is 5.92. The minimum Gasteiger partial charge on any atom is -0.323 e. The van der Waals surface area contributed by atoms with Gasteiger partial charge in [-0.05, 0) is 24.5 Å². The standard InChI is InChI=1S/C13H22N2S/c1-5-12(14)13-7-6-11(8-15-13)16-10(4)9(2)3/h6-10,12H,5,14H2,1-4H3/t10?,12-/m0/s1. The predicted molar refractivity (Wildman–Crippen MR) is 71.6 cm³/mol. The number of thioether (sulfide) groups is 1. The van der Waals surface area contributed by atoms with Crippen LogP contribution in [0, 0.1) is 5.92 Å². The molecule has 1 heterocycles. The molecule has 0 fully saturated rings. The Morgan fingerprint density at radius 1 is 1.31 bits per heavy atom. The average Bonchev–Trinajstić information content (AvgIpc) is 2.28. The van der Waals surface area contributed by atoms with Crippen molar-refractivity contribution in [1.29, 1.82) is 0 Å². The Balaban J connectivity index is 2.64. The van der Waals surface area contributed by atoms with Crippen molar-refractivity contribution in [2.45, 2.75) is 50.3 Å². The molecule has 0 saturated heterocycles. The second-order valence-electron chi connectivity index (χ2n) is 4.50. The van der Waals surface area contributed by atoms with E-state index in [1.54, 1.807) is 0 Å². The fourth-order valence-electron chi connectivity index (χ4n) is 1.24. The lowest BCUT2D eigenvalue weighted by Gasteiger charge is -2.15. The summed E-state index contributed by atoms with van der Waals surface area (Å²) in [6, 6.07) is 4.24. The van der Waals surface area contributed by atoms with E-state index in [-0.39, 0.29) is 6.04 Å². The zero-order valence-corrected chi connectivity index (χ0v) is 11.4. The van der Waals surface area contributed by atoms with Crippen LogP contribution in [0.4, 0.5) is 0 Å². The number of rotatable bonds is 5. The van der Waals surface area contributed by atoms with Crippen LogP contribution < -0.4 is 5.73 Å². The number of nitrogens with zero attached hydrogens (tertiary/aromatic N) is 1. The molecule has 0 spiro atoms. The molecule has 0 aromatic carbocycles. The van der Waals surface area contributed by atoms with Gasteiger partial charge in [-0.15, -0.1) is 11.8 Å². The monoisotopic (exact) mass is 238 g/mol. The zero-order chi connectivity index (χ0) is 12.1. The van der Waals surface area contributed by atoms with E-state index in [1.165, 1.54) is 4.90 Å². The van der Waals surface area contributed by atoms with Gasteiger partial charge in [0.1, 0.15) is 0 Å². The van der Waals surface area contributed by atoms with Crippen molar-refractivity contribution < 1.29 is 0 Å². The Hall–Kier alpha value is -0.540. The van der Waals surface area contributed by atoms with Gasteiger partial charge in [0.2, 0.25) is 0 Å². The third kappa shape index (κ3) is 3.80. The van der Waals surface area contributed by atoms with Gasteiger partial charge in [0.25, 0.3) is 0 Å². The highest BCUT2D eigenvalue weighted by molar-refractivity contribution is 8.00. The normalized spacial score (nSPS) is 15.1. The molecule has 1 rings (SSSR count). The molecular weight excluding hydrogens is 216 g/mol. The van der Waals surface area contributed by atoms with E-state index >= 15 is 0 Å². The van der Waals surface area contributed by atoms with Crippen LogP contribution in [0.5, 0.6) is 0 Å². The van der Waals surface area contributed by atoms with Crippen molar-refractivity contribution in [2.75, 3.05) is 0 Å². The van der Waals surface area contributed by atoms with E-state index < -0.39 is 0 Å². The van der Waals surface area contributed by atoms with Gasteiger partial charge in [-0.2, -0.15) is 0 Å². The van der Waals surface area contributed by atoms with E-state index in [1.807, 2.05) is 24.0 Å². The molecule has 2 N–H and O–H groups in total. The number of hydrogen-bond donors (Lipinski definition) is 1. The largest absolute Gasteiger partial charge is 0.323 e. The van der Waals surface area contributed by atoms with Gasteiger partial charge in [0.15, 0.2) is 0 Å². The molecule has 0 amide bonds. The Bertz CT molecular complexity index is 308. The van der Waals surface area contributed by atoms with Crippen LogP contribution in [-0.2, 0) is 0 Å². The minimum atomic E-state index is 0.0709. The first-order valence-corrected chi connectivity index (χ1v) is 6.80. The summed E-state index contributed by atoms with van der Waals surface area (Å²) < 4.78 is 0. The average molecular weight is 238 g/mol. The van der Waals surface area contributed by atoms with Crippen molar-refractivity contribution in [3.8, 4) is 0 Å². The maximum absolute atomic E-state index is 5.92. The van der Waals surface area contributed by atoms with Gasteiger partial charge in [-0.1, -0.05) is 27.7 Å². The summed E-state index contributed by atoms with van der Waals surface area (Å²) in [6.07, 6.45) is 2.87. The lowest BCUT2D eigenvalue weighted by molar-refractivity contribution is 0.642. The topological polar surface area (TPSA) is 38.9 Å². The molecule has 16 heavy (non-hydrogen) atoms. The lowest BCUT2D eigenvalue weighted by Crippen LogP contribution is -2.10. The molecule has 0 radical (unpaired) electrons. The molecule has 0 aliphatic heterocycles. The van der Waals surface area contributed by atoms with Crippen LogP contribution in [0.3, 0.4) is 0 Å². The Labute approximate surface area is 103 Å². The highest BCUT2D eigenvalue weighted by atomic mass is 32.2. The van der Waals surface area contributed by atoms with Crippen LogP contribution in [0.1, 0.15) is 45.9 Å². The van der Waals surface area contributed by atoms with Crippen molar-refractivity contribution in [3.05, 3.63) is 24.0 Å². The predicted octanol–water partition coefficient (Wildman–Crippen LogP) is 3.63. The zero-order valence-electron chi connectivity index (χ0n) is 10.6. The summed E-state index contributed by atoms with van der Waals surface area (Å²) in [4.78, 5) is 5.65. The van der Waals surface area contributed by atoms with Crippen molar-refractivity contribution >= 4 is 11.8 Å². The highest BCUT2D eigenvalue weighted by Crippen LogP contribution is 2.27. The summed E-state index contributed by atoms with van der Waals surface area (Å²) in [7, 11) is 0. The molecule has 0 aliphatic rings. The van der Waals surface area contributed by atoms with Gasteiger partial charge < -0.3 is 5.73 Å². The molecule has 1 aromatic heterocycles. The van der Waals surface area contributed by atoms with Crippen molar-refractivity contribution in [1.82, 2.24) is 4.98 Å². The molecular formula is C13H22N2S. The first-order valence-electron chi connectivity index (χ1n) is 5.92. The summed E-state index contributed by atoms with van der Waals surface area (Å²) in [6.45, 7) is 8.82. The highest BCUT2D eigenvalue weighted by Gasteiger charge is 2.10. The molecule has 0 aliphatic carbocycles. The Kier molecular flexibility index (Phi) is 5.29. The molecule has 1 unspecified atom stereocenters. The van der Waals surface area contributed by atoms with E-state index in [4.69, 9.17) is 5.73 Å². The van der Waals surface area contributed by atoms with Gasteiger partial charge in [-0.3, -0.25) is 4.98 Å².